The average Bonchev–Trinajstić information content (AvgIpc) is 3.15. The van der Waals surface area contributed by atoms with Crippen molar-refractivity contribution in [3.8, 4) is 17.2 Å². The van der Waals surface area contributed by atoms with Gasteiger partial charge in [-0.1, -0.05) is 41.4 Å². The van der Waals surface area contributed by atoms with E-state index in [1.54, 1.807) is 42.5 Å². The zero-order valence-corrected chi connectivity index (χ0v) is 21.0. The number of rotatable bonds is 6. The molecule has 1 aromatic heterocycles. The zero-order chi connectivity index (χ0) is 25.7. The summed E-state index contributed by atoms with van der Waals surface area (Å²) < 4.78 is 7.65. The van der Waals surface area contributed by atoms with Gasteiger partial charge in [0.2, 0.25) is 0 Å². The Morgan fingerprint density at radius 1 is 0.889 bits per heavy atom. The standard InChI is InChI=1S/C27H22Cl2N4O3/c1-17-14-19(18(2)33(17)25-15-20(28)8-13-24(25)29)16-30-32-27(35)26(34)31-21-9-11-23(12-10-21)36-22-6-4-3-5-7-22/h3-16H,1-2H3,(H,31,34)(H,32,35)/b30-16-. The maximum Gasteiger partial charge on any atom is 0.329 e. The summed E-state index contributed by atoms with van der Waals surface area (Å²) in [6, 6.07) is 23.1. The molecule has 4 rings (SSSR count). The van der Waals surface area contributed by atoms with E-state index in [-0.39, 0.29) is 0 Å². The van der Waals surface area contributed by atoms with Crippen LogP contribution in [0.25, 0.3) is 5.69 Å². The van der Waals surface area contributed by atoms with Gasteiger partial charge >= 0.3 is 11.8 Å². The number of amides is 2. The fourth-order valence-electron chi connectivity index (χ4n) is 3.58. The quantitative estimate of drug-likeness (QED) is 0.178. The van der Waals surface area contributed by atoms with Gasteiger partial charge in [-0.2, -0.15) is 5.10 Å². The fourth-order valence-corrected chi connectivity index (χ4v) is 3.94. The number of hydrogen-bond acceptors (Lipinski definition) is 4. The van der Waals surface area contributed by atoms with Crippen molar-refractivity contribution in [2.75, 3.05) is 5.32 Å². The molecule has 1 heterocycles. The summed E-state index contributed by atoms with van der Waals surface area (Å²) in [6.45, 7) is 3.81. The van der Waals surface area contributed by atoms with Crippen LogP contribution in [-0.4, -0.2) is 22.6 Å². The Kier molecular flexibility index (Phi) is 7.73. The molecule has 0 saturated heterocycles. The van der Waals surface area contributed by atoms with E-state index in [4.69, 9.17) is 27.9 Å². The van der Waals surface area contributed by atoms with Gasteiger partial charge in [0.05, 0.1) is 16.9 Å². The summed E-state index contributed by atoms with van der Waals surface area (Å²) in [5.74, 6) is -0.449. The second-order valence-electron chi connectivity index (χ2n) is 7.85. The van der Waals surface area contributed by atoms with Gasteiger partial charge in [0.15, 0.2) is 0 Å². The summed E-state index contributed by atoms with van der Waals surface area (Å²) in [6.07, 6.45) is 1.47. The Labute approximate surface area is 218 Å². The van der Waals surface area contributed by atoms with Crippen LogP contribution >= 0.6 is 23.2 Å². The molecule has 2 amide bonds. The minimum absolute atomic E-state index is 0.446. The van der Waals surface area contributed by atoms with Crippen LogP contribution < -0.4 is 15.5 Å². The van der Waals surface area contributed by atoms with Gasteiger partial charge in [-0.15, -0.1) is 0 Å². The minimum atomic E-state index is -0.900. The smallest absolute Gasteiger partial charge is 0.329 e. The van der Waals surface area contributed by atoms with Gasteiger partial charge in [-0.3, -0.25) is 9.59 Å². The lowest BCUT2D eigenvalue weighted by Crippen LogP contribution is -2.32. The highest BCUT2D eigenvalue weighted by molar-refractivity contribution is 6.39. The molecule has 0 spiro atoms. The van der Waals surface area contributed by atoms with Crippen molar-refractivity contribution in [3.05, 3.63) is 106 Å². The molecule has 0 aliphatic rings. The number of anilines is 1. The number of hydrogen-bond donors (Lipinski definition) is 2. The van der Waals surface area contributed by atoms with E-state index < -0.39 is 11.8 Å². The molecule has 2 N–H and O–H groups in total. The van der Waals surface area contributed by atoms with E-state index in [1.807, 2.05) is 54.8 Å². The third-order valence-electron chi connectivity index (χ3n) is 5.29. The molecule has 0 aliphatic heterocycles. The SMILES string of the molecule is Cc1cc(/C=N\NC(=O)C(=O)Nc2ccc(Oc3ccccc3)cc2)c(C)n1-c1cc(Cl)ccc1Cl. The Bertz CT molecular complexity index is 1430. The van der Waals surface area contributed by atoms with Crippen molar-refractivity contribution in [3.63, 3.8) is 0 Å². The lowest BCUT2D eigenvalue weighted by atomic mass is 10.2. The third kappa shape index (κ3) is 5.94. The summed E-state index contributed by atoms with van der Waals surface area (Å²) >= 11 is 12.5. The topological polar surface area (TPSA) is 84.7 Å². The van der Waals surface area contributed by atoms with Crippen LogP contribution in [0.3, 0.4) is 0 Å². The van der Waals surface area contributed by atoms with E-state index in [2.05, 4.69) is 15.8 Å². The van der Waals surface area contributed by atoms with E-state index in [0.717, 1.165) is 22.6 Å². The van der Waals surface area contributed by atoms with Crippen molar-refractivity contribution < 1.29 is 14.3 Å². The van der Waals surface area contributed by atoms with Crippen LogP contribution in [0.5, 0.6) is 11.5 Å². The fraction of sp³-hybridized carbons (Fsp3) is 0.0741. The molecular formula is C27H22Cl2N4O3. The van der Waals surface area contributed by atoms with Crippen molar-refractivity contribution in [1.82, 2.24) is 9.99 Å². The molecule has 4 aromatic rings. The van der Waals surface area contributed by atoms with Crippen molar-refractivity contribution in [2.45, 2.75) is 13.8 Å². The lowest BCUT2D eigenvalue weighted by molar-refractivity contribution is -0.136. The van der Waals surface area contributed by atoms with E-state index in [9.17, 15) is 9.59 Å². The second-order valence-corrected chi connectivity index (χ2v) is 8.69. The van der Waals surface area contributed by atoms with Crippen molar-refractivity contribution in [2.24, 2.45) is 5.10 Å². The zero-order valence-electron chi connectivity index (χ0n) is 19.5. The summed E-state index contributed by atoms with van der Waals surface area (Å²) in [5, 5.41) is 7.58. The summed E-state index contributed by atoms with van der Waals surface area (Å²) in [4.78, 5) is 24.5. The van der Waals surface area contributed by atoms with E-state index in [0.29, 0.717) is 27.2 Å². The normalized spacial score (nSPS) is 10.9. The number of aromatic nitrogens is 1. The molecule has 3 aromatic carbocycles. The molecule has 0 atom stereocenters. The number of benzene rings is 3. The number of ether oxygens (including phenoxy) is 1. The summed E-state index contributed by atoms with van der Waals surface area (Å²) in [7, 11) is 0. The number of nitrogens with zero attached hydrogens (tertiary/aromatic N) is 2. The highest BCUT2D eigenvalue weighted by Crippen LogP contribution is 2.28. The first kappa shape index (κ1) is 25.0. The predicted molar refractivity (Wildman–Crippen MR) is 143 cm³/mol. The van der Waals surface area contributed by atoms with Crippen molar-refractivity contribution in [1.29, 1.82) is 0 Å². The monoisotopic (exact) mass is 520 g/mol. The first-order chi connectivity index (χ1) is 17.3. The first-order valence-electron chi connectivity index (χ1n) is 10.9. The highest BCUT2D eigenvalue weighted by atomic mass is 35.5. The minimum Gasteiger partial charge on any atom is -0.457 e. The van der Waals surface area contributed by atoms with Crippen LogP contribution in [0.2, 0.25) is 10.0 Å². The largest absolute Gasteiger partial charge is 0.457 e. The molecule has 0 bridgehead atoms. The highest BCUT2D eigenvalue weighted by Gasteiger charge is 2.15. The van der Waals surface area contributed by atoms with Crippen LogP contribution in [0, 0.1) is 13.8 Å². The number of hydrazone groups is 1. The lowest BCUT2D eigenvalue weighted by Gasteiger charge is -2.12. The van der Waals surface area contributed by atoms with Crippen LogP contribution in [0.1, 0.15) is 17.0 Å². The number of halogens is 2. The summed E-state index contributed by atoms with van der Waals surface area (Å²) in [5.41, 5.74) is 5.93. The van der Waals surface area contributed by atoms with Gasteiger partial charge in [-0.05, 0) is 74.5 Å². The van der Waals surface area contributed by atoms with Crippen LogP contribution in [-0.2, 0) is 9.59 Å². The Balaban J connectivity index is 1.36. The van der Waals surface area contributed by atoms with Crippen LogP contribution in [0.15, 0.2) is 84.0 Å². The molecule has 0 unspecified atom stereocenters. The maximum atomic E-state index is 12.3. The molecule has 9 heteroatoms. The van der Waals surface area contributed by atoms with Gasteiger partial charge in [0.1, 0.15) is 11.5 Å². The van der Waals surface area contributed by atoms with E-state index >= 15 is 0 Å². The second kappa shape index (κ2) is 11.1. The van der Waals surface area contributed by atoms with Gasteiger partial charge < -0.3 is 14.6 Å². The van der Waals surface area contributed by atoms with Gasteiger partial charge in [0.25, 0.3) is 0 Å². The van der Waals surface area contributed by atoms with Gasteiger partial charge in [0, 0.05) is 27.7 Å². The Morgan fingerprint density at radius 2 is 1.58 bits per heavy atom. The van der Waals surface area contributed by atoms with Crippen LogP contribution in [0.4, 0.5) is 5.69 Å². The number of aryl methyl sites for hydroxylation is 1. The Morgan fingerprint density at radius 3 is 2.31 bits per heavy atom. The molecule has 0 radical (unpaired) electrons. The molecule has 0 aliphatic carbocycles. The molecule has 0 fully saturated rings. The molecular weight excluding hydrogens is 499 g/mol. The third-order valence-corrected chi connectivity index (χ3v) is 5.84. The van der Waals surface area contributed by atoms with Crippen molar-refractivity contribution >= 4 is 46.9 Å². The molecule has 36 heavy (non-hydrogen) atoms. The van der Waals surface area contributed by atoms with Gasteiger partial charge in [-0.25, -0.2) is 5.43 Å². The molecule has 7 nitrogen and oxygen atoms in total. The van der Waals surface area contributed by atoms with E-state index in [1.165, 1.54) is 6.21 Å². The maximum absolute atomic E-state index is 12.3. The number of para-hydroxylation sites is 1. The number of carbonyl (C=O) groups excluding carboxylic acids is 2. The Hall–Kier alpha value is -4.07. The predicted octanol–water partition coefficient (Wildman–Crippen LogP) is 6.28. The molecule has 0 saturated carbocycles. The first-order valence-corrected chi connectivity index (χ1v) is 11.7. The number of nitrogens with one attached hydrogen (secondary N) is 2. The average molecular weight is 521 g/mol. The molecule has 182 valence electrons. The number of carbonyl (C=O) groups is 2.